The number of anilines is 2. The van der Waals surface area contributed by atoms with Crippen LogP contribution in [0.2, 0.25) is 25.7 Å². The Kier molecular flexibility index (Phi) is 11.0. The van der Waals surface area contributed by atoms with Gasteiger partial charge in [-0.05, 0) is 13.0 Å². The van der Waals surface area contributed by atoms with Crippen molar-refractivity contribution in [1.82, 2.24) is 24.6 Å². The van der Waals surface area contributed by atoms with Gasteiger partial charge in [-0.3, -0.25) is 9.59 Å². The maximum atomic E-state index is 13.8. The highest BCUT2D eigenvalue weighted by Gasteiger charge is 2.38. The number of ether oxygens (including phenoxy) is 1. The minimum Gasteiger partial charge on any atom is -0.386 e. The Morgan fingerprint density at radius 2 is 1.88 bits per heavy atom. The van der Waals surface area contributed by atoms with Crippen molar-refractivity contribution in [2.24, 2.45) is 5.16 Å². The summed E-state index contributed by atoms with van der Waals surface area (Å²) in [7, 11) is -1.40. The zero-order chi connectivity index (χ0) is 30.9. The lowest BCUT2D eigenvalue weighted by atomic mass is 10.2. The van der Waals surface area contributed by atoms with Crippen LogP contribution in [0.25, 0.3) is 0 Å². The maximum absolute atomic E-state index is 13.8. The van der Waals surface area contributed by atoms with Gasteiger partial charge in [0.05, 0.1) is 42.1 Å². The van der Waals surface area contributed by atoms with Gasteiger partial charge < -0.3 is 24.7 Å². The third kappa shape index (κ3) is 9.51. The third-order valence-corrected chi connectivity index (χ3v) is 7.85. The average molecular weight is 610 g/mol. The van der Waals surface area contributed by atoms with Crippen LogP contribution >= 0.6 is 0 Å². The fraction of sp³-hybridized carbons (Fsp3) is 0.560. The molecule has 0 bridgehead atoms. The minimum atomic E-state index is -4.93. The smallest absolute Gasteiger partial charge is 0.386 e. The van der Waals surface area contributed by atoms with Crippen LogP contribution in [0.4, 0.5) is 24.8 Å². The van der Waals surface area contributed by atoms with Gasteiger partial charge >= 0.3 is 6.18 Å². The van der Waals surface area contributed by atoms with Gasteiger partial charge in [0.1, 0.15) is 18.4 Å². The summed E-state index contributed by atoms with van der Waals surface area (Å²) >= 11 is 0. The maximum Gasteiger partial charge on any atom is 0.423 e. The molecular formula is C25H34F3N9O4Si. The molecule has 1 atom stereocenters. The summed E-state index contributed by atoms with van der Waals surface area (Å²) in [6, 6.07) is 1.96. The highest BCUT2D eigenvalue weighted by atomic mass is 28.3. The zero-order valence-electron chi connectivity index (χ0n) is 23.9. The zero-order valence-corrected chi connectivity index (χ0v) is 24.9. The molecule has 0 saturated carbocycles. The van der Waals surface area contributed by atoms with Crippen LogP contribution in [0.15, 0.2) is 28.5 Å². The number of hydrogen-bond donors (Lipinski definition) is 1. The monoisotopic (exact) mass is 609 g/mol. The molecule has 17 heteroatoms. The van der Waals surface area contributed by atoms with Crippen molar-refractivity contribution in [2.75, 3.05) is 49.6 Å². The van der Waals surface area contributed by atoms with Crippen molar-refractivity contribution in [2.45, 2.75) is 51.6 Å². The van der Waals surface area contributed by atoms with Gasteiger partial charge in [-0.2, -0.15) is 23.5 Å². The summed E-state index contributed by atoms with van der Waals surface area (Å²) < 4.78 is 47.3. The van der Waals surface area contributed by atoms with Gasteiger partial charge in [-0.15, -0.1) is 0 Å². The number of nitrogens with one attached hydrogen (secondary N) is 1. The van der Waals surface area contributed by atoms with Crippen LogP contribution in [-0.4, -0.2) is 90.3 Å². The van der Waals surface area contributed by atoms with E-state index in [1.54, 1.807) is 4.90 Å². The van der Waals surface area contributed by atoms with Gasteiger partial charge in [0.2, 0.25) is 5.95 Å². The molecule has 0 radical (unpaired) electrons. The lowest BCUT2D eigenvalue weighted by Gasteiger charge is -2.34. The first-order valence-corrected chi connectivity index (χ1v) is 16.9. The summed E-state index contributed by atoms with van der Waals surface area (Å²) in [6.07, 6.45) is 0.0316. The van der Waals surface area contributed by atoms with Crippen molar-refractivity contribution in [3.63, 3.8) is 0 Å². The number of halogens is 3. The Bertz CT molecular complexity index is 1330. The number of oxime groups is 1. The van der Waals surface area contributed by atoms with Crippen LogP contribution in [-0.2, 0) is 27.3 Å². The molecule has 2 aromatic rings. The molecule has 3 rings (SSSR count). The average Bonchev–Trinajstić information content (AvgIpc) is 2.93. The number of amides is 1. The van der Waals surface area contributed by atoms with Gasteiger partial charge in [0.25, 0.3) is 11.5 Å². The van der Waals surface area contributed by atoms with Crippen LogP contribution in [0, 0.1) is 11.3 Å². The van der Waals surface area contributed by atoms with Crippen molar-refractivity contribution in [3.8, 4) is 6.07 Å². The number of rotatable bonds is 12. The first kappa shape index (κ1) is 32.5. The Balaban J connectivity index is 1.49. The standard InChI is InChI=1S/C25H34F3N9O4Si/c1-18(34-20-15-32-37(17-40-9-10-42(2,3)4)23(39)22(20)25(26,27)28)12-33-41-16-21(38)35-5-7-36(8-6-35)24-30-13-19(11-29)14-31-24/h12-15,18,34H,5-10,16-17H2,1-4H3/b33-12+/t18-/m0/s1. The summed E-state index contributed by atoms with van der Waals surface area (Å²) in [5.41, 5.74) is -2.87. The SMILES string of the molecule is C[C@@H](/C=N/OCC(=O)N1CCN(c2ncc(C#N)cn2)CC1)Nc1cnn(COCC[Si](C)(C)C)c(=O)c1C(F)(F)F. The third-order valence-electron chi connectivity index (χ3n) is 6.15. The predicted octanol–water partition coefficient (Wildman–Crippen LogP) is 2.39. The number of alkyl halides is 3. The fourth-order valence-corrected chi connectivity index (χ4v) is 4.55. The molecule has 0 spiro atoms. The van der Waals surface area contributed by atoms with Crippen LogP contribution < -0.4 is 15.8 Å². The second-order valence-corrected chi connectivity index (χ2v) is 16.4. The van der Waals surface area contributed by atoms with E-state index in [9.17, 15) is 22.8 Å². The summed E-state index contributed by atoms with van der Waals surface area (Å²) in [4.78, 5) is 41.9. The molecule has 0 unspecified atom stereocenters. The highest BCUT2D eigenvalue weighted by Crippen LogP contribution is 2.31. The summed E-state index contributed by atoms with van der Waals surface area (Å²) in [5, 5.41) is 18.9. The number of aromatic nitrogens is 4. The van der Waals surface area contributed by atoms with E-state index in [-0.39, 0.29) is 19.2 Å². The van der Waals surface area contributed by atoms with E-state index in [0.717, 1.165) is 12.2 Å². The number of piperazine rings is 1. The normalized spacial score (nSPS) is 15.0. The minimum absolute atomic E-state index is 0.313. The molecule has 1 aliphatic rings. The van der Waals surface area contributed by atoms with Crippen LogP contribution in [0.1, 0.15) is 18.1 Å². The molecule has 1 amide bonds. The molecule has 42 heavy (non-hydrogen) atoms. The number of hydrogen-bond acceptors (Lipinski definition) is 11. The highest BCUT2D eigenvalue weighted by molar-refractivity contribution is 6.76. The molecule has 1 aliphatic heterocycles. The molecule has 1 fully saturated rings. The lowest BCUT2D eigenvalue weighted by molar-refractivity contribution is -0.139. The Hall–Kier alpha value is -4.04. The molecular weight excluding hydrogens is 575 g/mol. The molecule has 0 aliphatic carbocycles. The molecule has 13 nitrogen and oxygen atoms in total. The Morgan fingerprint density at radius 1 is 1.21 bits per heavy atom. The topological polar surface area (TPSA) is 151 Å². The largest absolute Gasteiger partial charge is 0.423 e. The first-order valence-electron chi connectivity index (χ1n) is 13.2. The molecule has 3 heterocycles. The Morgan fingerprint density at radius 3 is 2.48 bits per heavy atom. The number of carbonyl (C=O) groups is 1. The van der Waals surface area contributed by atoms with Crippen molar-refractivity contribution in [3.05, 3.63) is 40.1 Å². The molecule has 228 valence electrons. The molecule has 2 aromatic heterocycles. The van der Waals surface area contributed by atoms with Gasteiger partial charge in [-0.1, -0.05) is 24.8 Å². The van der Waals surface area contributed by atoms with E-state index in [1.165, 1.54) is 25.5 Å². The number of nitrogens with zero attached hydrogens (tertiary/aromatic N) is 8. The second-order valence-electron chi connectivity index (χ2n) is 10.8. The van der Waals surface area contributed by atoms with E-state index in [4.69, 9.17) is 14.8 Å². The molecule has 1 saturated heterocycles. The van der Waals surface area contributed by atoms with Crippen molar-refractivity contribution < 1.29 is 27.5 Å². The van der Waals surface area contributed by atoms with Crippen LogP contribution in [0.5, 0.6) is 0 Å². The van der Waals surface area contributed by atoms with Gasteiger partial charge in [0, 0.05) is 40.9 Å². The fourth-order valence-electron chi connectivity index (χ4n) is 3.79. The summed E-state index contributed by atoms with van der Waals surface area (Å²) in [6.45, 7) is 9.25. The van der Waals surface area contributed by atoms with E-state index >= 15 is 0 Å². The van der Waals surface area contributed by atoms with E-state index in [2.05, 4.69) is 45.2 Å². The van der Waals surface area contributed by atoms with Gasteiger partial charge in [-0.25, -0.2) is 14.6 Å². The number of nitriles is 1. The molecule has 0 aromatic carbocycles. The first-order chi connectivity index (χ1) is 19.8. The quantitative estimate of drug-likeness (QED) is 0.164. The summed E-state index contributed by atoms with van der Waals surface area (Å²) in [5.74, 6) is 0.155. The van der Waals surface area contributed by atoms with Crippen molar-refractivity contribution in [1.29, 1.82) is 5.26 Å². The van der Waals surface area contributed by atoms with Gasteiger partial charge in [0.15, 0.2) is 6.61 Å². The number of carbonyl (C=O) groups excluding carboxylic acids is 1. The second kappa shape index (κ2) is 14.2. The Labute approximate surface area is 241 Å². The van der Waals surface area contributed by atoms with E-state index < -0.39 is 37.1 Å². The van der Waals surface area contributed by atoms with E-state index in [1.807, 2.05) is 11.0 Å². The lowest BCUT2D eigenvalue weighted by Crippen LogP contribution is -2.50. The van der Waals surface area contributed by atoms with Crippen LogP contribution in [0.3, 0.4) is 0 Å². The van der Waals surface area contributed by atoms with E-state index in [0.29, 0.717) is 49.0 Å². The molecule has 1 N–H and O–H groups in total. The van der Waals surface area contributed by atoms with Crippen molar-refractivity contribution >= 4 is 31.8 Å². The predicted molar refractivity (Wildman–Crippen MR) is 151 cm³/mol.